The molecule has 3 amide bonds. The number of urea groups is 1. The lowest BCUT2D eigenvalue weighted by atomic mass is 9.75. The Balaban J connectivity index is 1.58. The average molecular weight is 360 g/mol. The van der Waals surface area contributed by atoms with E-state index in [1.54, 1.807) is 36.3 Å². The van der Waals surface area contributed by atoms with Gasteiger partial charge in [0.1, 0.15) is 0 Å². The lowest BCUT2D eigenvalue weighted by molar-refractivity contribution is -0.145. The van der Waals surface area contributed by atoms with E-state index in [-0.39, 0.29) is 17.9 Å². The van der Waals surface area contributed by atoms with Gasteiger partial charge in [-0.3, -0.25) is 9.78 Å². The highest BCUT2D eigenvalue weighted by Crippen LogP contribution is 2.35. The van der Waals surface area contributed by atoms with Crippen molar-refractivity contribution in [1.29, 1.82) is 0 Å². The van der Waals surface area contributed by atoms with E-state index in [4.69, 9.17) is 0 Å². The number of aryl methyl sites for hydroxylation is 1. The highest BCUT2D eigenvalue weighted by Gasteiger charge is 2.46. The fourth-order valence-corrected chi connectivity index (χ4v) is 3.94. The van der Waals surface area contributed by atoms with Crippen molar-refractivity contribution in [2.75, 3.05) is 40.3 Å². The Bertz CT molecular complexity index is 651. The summed E-state index contributed by atoms with van der Waals surface area (Å²) < 4.78 is 0. The van der Waals surface area contributed by atoms with E-state index in [2.05, 4.69) is 4.98 Å². The van der Waals surface area contributed by atoms with E-state index in [9.17, 15) is 14.7 Å². The van der Waals surface area contributed by atoms with Gasteiger partial charge in [-0.1, -0.05) is 6.07 Å². The van der Waals surface area contributed by atoms with Crippen LogP contribution in [0, 0.1) is 5.92 Å². The number of pyridine rings is 1. The molecule has 2 saturated heterocycles. The lowest BCUT2D eigenvalue weighted by Gasteiger charge is -2.50. The van der Waals surface area contributed by atoms with Crippen LogP contribution in [0.5, 0.6) is 0 Å². The second-order valence-electron chi connectivity index (χ2n) is 7.62. The minimum absolute atomic E-state index is 0.0351. The van der Waals surface area contributed by atoms with Crippen LogP contribution >= 0.6 is 0 Å². The van der Waals surface area contributed by atoms with Gasteiger partial charge in [-0.15, -0.1) is 0 Å². The number of fused-ring (bicyclic) bond motifs is 1. The van der Waals surface area contributed by atoms with Crippen molar-refractivity contribution in [3.63, 3.8) is 0 Å². The number of aromatic nitrogens is 1. The van der Waals surface area contributed by atoms with E-state index in [1.807, 2.05) is 17.0 Å². The van der Waals surface area contributed by atoms with Crippen LogP contribution in [-0.2, 0) is 11.2 Å². The molecule has 0 unspecified atom stereocenters. The molecule has 1 aromatic rings. The first-order valence-electron chi connectivity index (χ1n) is 9.24. The number of carbonyl (C=O) groups is 2. The Kier molecular flexibility index (Phi) is 5.46. The minimum Gasteiger partial charge on any atom is -0.389 e. The molecule has 0 aliphatic carbocycles. The zero-order chi connectivity index (χ0) is 18.7. The fraction of sp³-hybridized carbons (Fsp3) is 0.632. The normalized spacial score (nSPS) is 25.6. The van der Waals surface area contributed by atoms with Crippen LogP contribution < -0.4 is 0 Å². The summed E-state index contributed by atoms with van der Waals surface area (Å²) in [6.07, 6.45) is 5.78. The number of hydrogen-bond acceptors (Lipinski definition) is 4. The lowest BCUT2D eigenvalue weighted by Crippen LogP contribution is -2.62. The van der Waals surface area contributed by atoms with Crippen molar-refractivity contribution in [3.05, 3.63) is 30.1 Å². The number of nitrogens with zero attached hydrogens (tertiary/aromatic N) is 4. The van der Waals surface area contributed by atoms with E-state index in [0.717, 1.165) is 5.56 Å². The Morgan fingerprint density at radius 3 is 2.62 bits per heavy atom. The third kappa shape index (κ3) is 3.98. The maximum absolute atomic E-state index is 12.6. The molecule has 7 heteroatoms. The van der Waals surface area contributed by atoms with Crippen LogP contribution in [0.2, 0.25) is 0 Å². The van der Waals surface area contributed by atoms with Gasteiger partial charge in [0.15, 0.2) is 0 Å². The molecule has 2 aliphatic rings. The first-order chi connectivity index (χ1) is 12.4. The highest BCUT2D eigenvalue weighted by molar-refractivity contribution is 5.77. The van der Waals surface area contributed by atoms with Crippen LogP contribution in [-0.4, -0.2) is 82.6 Å². The molecule has 142 valence electrons. The van der Waals surface area contributed by atoms with Gasteiger partial charge in [-0.25, -0.2) is 4.79 Å². The first kappa shape index (κ1) is 18.6. The second kappa shape index (κ2) is 7.61. The molecule has 0 aromatic carbocycles. The smallest absolute Gasteiger partial charge is 0.319 e. The molecular weight excluding hydrogens is 332 g/mol. The van der Waals surface area contributed by atoms with Gasteiger partial charge in [-0.05, 0) is 30.9 Å². The summed E-state index contributed by atoms with van der Waals surface area (Å²) in [7, 11) is 3.47. The monoisotopic (exact) mass is 360 g/mol. The number of likely N-dealkylation sites (tertiary alicyclic amines) is 2. The van der Waals surface area contributed by atoms with Crippen molar-refractivity contribution >= 4 is 11.9 Å². The van der Waals surface area contributed by atoms with Crippen molar-refractivity contribution in [3.8, 4) is 0 Å². The summed E-state index contributed by atoms with van der Waals surface area (Å²) in [6, 6.07) is 3.81. The molecule has 0 saturated carbocycles. The molecule has 3 rings (SSSR count). The number of carbonyl (C=O) groups excluding carboxylic acids is 2. The number of rotatable bonds is 3. The fourth-order valence-electron chi connectivity index (χ4n) is 3.94. The van der Waals surface area contributed by atoms with Gasteiger partial charge < -0.3 is 19.8 Å². The van der Waals surface area contributed by atoms with Crippen LogP contribution in [0.1, 0.15) is 24.8 Å². The number of amides is 3. The predicted octanol–water partition coefficient (Wildman–Crippen LogP) is 0.981. The van der Waals surface area contributed by atoms with Gasteiger partial charge in [0, 0.05) is 65.0 Å². The molecule has 2 atom stereocenters. The summed E-state index contributed by atoms with van der Waals surface area (Å²) in [6.45, 7) is 2.17. The third-order valence-corrected chi connectivity index (χ3v) is 5.63. The van der Waals surface area contributed by atoms with Crippen molar-refractivity contribution in [1.82, 2.24) is 19.7 Å². The van der Waals surface area contributed by atoms with Crippen molar-refractivity contribution < 1.29 is 14.7 Å². The molecule has 1 aromatic heterocycles. The second-order valence-corrected chi connectivity index (χ2v) is 7.62. The molecule has 2 fully saturated rings. The Morgan fingerprint density at radius 1 is 1.27 bits per heavy atom. The summed E-state index contributed by atoms with van der Waals surface area (Å²) in [5.41, 5.74) is 0.290. The van der Waals surface area contributed by atoms with E-state index in [0.29, 0.717) is 51.9 Å². The number of hydrogen-bond donors (Lipinski definition) is 1. The van der Waals surface area contributed by atoms with Crippen molar-refractivity contribution in [2.24, 2.45) is 5.92 Å². The Hall–Kier alpha value is -2.15. The van der Waals surface area contributed by atoms with E-state index in [1.165, 1.54) is 0 Å². The maximum Gasteiger partial charge on any atom is 0.319 e. The molecule has 7 nitrogen and oxygen atoms in total. The van der Waals surface area contributed by atoms with E-state index >= 15 is 0 Å². The van der Waals surface area contributed by atoms with Crippen LogP contribution in [0.4, 0.5) is 4.79 Å². The van der Waals surface area contributed by atoms with Gasteiger partial charge in [0.2, 0.25) is 5.91 Å². The Labute approximate surface area is 154 Å². The highest BCUT2D eigenvalue weighted by atomic mass is 16.3. The quantitative estimate of drug-likeness (QED) is 0.872. The average Bonchev–Trinajstić information content (AvgIpc) is 2.65. The van der Waals surface area contributed by atoms with Gasteiger partial charge in [0.25, 0.3) is 0 Å². The molecule has 0 bridgehead atoms. The predicted molar refractivity (Wildman–Crippen MR) is 97.5 cm³/mol. The third-order valence-electron chi connectivity index (χ3n) is 5.63. The Morgan fingerprint density at radius 2 is 1.96 bits per heavy atom. The first-order valence-corrected chi connectivity index (χ1v) is 9.24. The molecule has 0 spiro atoms. The van der Waals surface area contributed by atoms with Crippen molar-refractivity contribution in [2.45, 2.75) is 31.3 Å². The number of piperidine rings is 2. The van der Waals surface area contributed by atoms with Gasteiger partial charge in [0.05, 0.1) is 5.60 Å². The van der Waals surface area contributed by atoms with Crippen LogP contribution in [0.25, 0.3) is 0 Å². The summed E-state index contributed by atoms with van der Waals surface area (Å²) in [4.78, 5) is 34.1. The summed E-state index contributed by atoms with van der Waals surface area (Å²) in [5, 5.41) is 10.9. The topological polar surface area (TPSA) is 77.0 Å². The standard InChI is InChI=1S/C19H28N4O3/c1-21(2)18(25)23-11-8-19(26)7-10-22(13-16(19)14-23)17(24)6-5-15-4-3-9-20-12-15/h3-4,9,12,16,26H,5-8,10-11,13-14H2,1-2H3/t16-,19-/m0/s1. The van der Waals surface area contributed by atoms with Crippen LogP contribution in [0.15, 0.2) is 24.5 Å². The molecule has 26 heavy (non-hydrogen) atoms. The molecule has 0 radical (unpaired) electrons. The SMILES string of the molecule is CN(C)C(=O)N1CC[C@@]2(O)CCN(C(=O)CCc3cccnc3)C[C@H]2C1. The molecule has 2 aliphatic heterocycles. The largest absolute Gasteiger partial charge is 0.389 e. The minimum atomic E-state index is -0.761. The van der Waals surface area contributed by atoms with Gasteiger partial charge in [-0.2, -0.15) is 0 Å². The van der Waals surface area contributed by atoms with Gasteiger partial charge >= 0.3 is 6.03 Å². The zero-order valence-electron chi connectivity index (χ0n) is 15.6. The summed E-state index contributed by atoms with van der Waals surface area (Å²) in [5.74, 6) is 0.0169. The zero-order valence-corrected chi connectivity index (χ0v) is 15.6. The maximum atomic E-state index is 12.6. The van der Waals surface area contributed by atoms with E-state index < -0.39 is 5.60 Å². The summed E-state index contributed by atoms with van der Waals surface area (Å²) >= 11 is 0. The number of aliphatic hydroxyl groups is 1. The molecular formula is C19H28N4O3. The molecule has 1 N–H and O–H groups in total. The van der Waals surface area contributed by atoms with Crippen LogP contribution in [0.3, 0.4) is 0 Å². The molecule has 3 heterocycles.